The molecule has 0 aliphatic heterocycles. The second kappa shape index (κ2) is 5.06. The van der Waals surface area contributed by atoms with E-state index in [2.05, 4.69) is 11.6 Å². The molecule has 0 bridgehead atoms. The molecule has 3 heteroatoms. The normalized spacial score (nSPS) is 16.8. The van der Waals surface area contributed by atoms with E-state index in [1.165, 1.54) is 0 Å². The van der Waals surface area contributed by atoms with Gasteiger partial charge in [-0.1, -0.05) is 20.4 Å². The maximum absolute atomic E-state index is 5.79. The van der Waals surface area contributed by atoms with Crippen molar-refractivity contribution in [3.8, 4) is 0 Å². The van der Waals surface area contributed by atoms with Crippen LogP contribution in [-0.2, 0) is 0 Å². The van der Waals surface area contributed by atoms with Gasteiger partial charge in [-0.05, 0) is 12.8 Å². The van der Waals surface area contributed by atoms with E-state index in [4.69, 9.17) is 11.5 Å². The van der Waals surface area contributed by atoms with Gasteiger partial charge >= 0.3 is 0 Å². The molecule has 70 valence electrons. The minimum Gasteiger partial charge on any atom is -0.323 e. The molecular formula is C9H19N3. The Bertz CT molecular complexity index is 171. The molecular weight excluding hydrogens is 150 g/mol. The van der Waals surface area contributed by atoms with Crippen molar-refractivity contribution in [2.75, 3.05) is 0 Å². The predicted molar refractivity (Wildman–Crippen MR) is 54.1 cm³/mol. The van der Waals surface area contributed by atoms with Crippen LogP contribution in [-0.4, -0.2) is 18.3 Å². The average Bonchev–Trinajstić information content (AvgIpc) is 1.98. The van der Waals surface area contributed by atoms with E-state index >= 15 is 0 Å². The molecule has 3 nitrogen and oxygen atoms in total. The smallest absolute Gasteiger partial charge is 0.0498 e. The largest absolute Gasteiger partial charge is 0.323 e. The molecule has 2 atom stereocenters. The maximum Gasteiger partial charge on any atom is 0.0498 e. The molecule has 0 heterocycles. The summed E-state index contributed by atoms with van der Waals surface area (Å²) < 4.78 is 0. The lowest BCUT2D eigenvalue weighted by Crippen LogP contribution is -2.28. The lowest BCUT2D eigenvalue weighted by Gasteiger charge is -2.14. The summed E-state index contributed by atoms with van der Waals surface area (Å²) in [5.41, 5.74) is 12.0. The SMILES string of the molecule is C=C(/N=C\C(C)N)[C@@H](N)C(C)C. The summed E-state index contributed by atoms with van der Waals surface area (Å²) in [5.74, 6) is 0.364. The van der Waals surface area contributed by atoms with Crippen LogP contribution in [0.15, 0.2) is 17.3 Å². The molecule has 0 saturated heterocycles. The summed E-state index contributed by atoms with van der Waals surface area (Å²) >= 11 is 0. The Kier molecular flexibility index (Phi) is 4.78. The van der Waals surface area contributed by atoms with E-state index in [-0.39, 0.29) is 12.1 Å². The van der Waals surface area contributed by atoms with Gasteiger partial charge in [0.1, 0.15) is 0 Å². The first-order chi connectivity index (χ1) is 5.45. The van der Waals surface area contributed by atoms with Gasteiger partial charge in [0.2, 0.25) is 0 Å². The number of nitrogens with zero attached hydrogens (tertiary/aromatic N) is 1. The minimum absolute atomic E-state index is 0.0406. The van der Waals surface area contributed by atoms with Crippen LogP contribution in [0, 0.1) is 5.92 Å². The number of rotatable bonds is 4. The Morgan fingerprint density at radius 2 is 1.83 bits per heavy atom. The van der Waals surface area contributed by atoms with Crippen molar-refractivity contribution >= 4 is 6.21 Å². The highest BCUT2D eigenvalue weighted by Crippen LogP contribution is 2.07. The fourth-order valence-electron chi connectivity index (χ4n) is 0.684. The number of nitrogens with two attached hydrogens (primary N) is 2. The average molecular weight is 169 g/mol. The molecule has 0 spiro atoms. The lowest BCUT2D eigenvalue weighted by molar-refractivity contribution is 0.546. The van der Waals surface area contributed by atoms with Gasteiger partial charge in [-0.2, -0.15) is 0 Å². The molecule has 12 heavy (non-hydrogen) atoms. The van der Waals surface area contributed by atoms with E-state index in [0.717, 1.165) is 0 Å². The van der Waals surface area contributed by atoms with Gasteiger partial charge in [0.15, 0.2) is 0 Å². The van der Waals surface area contributed by atoms with E-state index in [1.807, 2.05) is 20.8 Å². The van der Waals surface area contributed by atoms with Crippen molar-refractivity contribution < 1.29 is 0 Å². The van der Waals surface area contributed by atoms with Crippen molar-refractivity contribution in [3.63, 3.8) is 0 Å². The van der Waals surface area contributed by atoms with Crippen LogP contribution >= 0.6 is 0 Å². The topological polar surface area (TPSA) is 64.4 Å². The third-order valence-corrected chi connectivity index (χ3v) is 1.58. The lowest BCUT2D eigenvalue weighted by atomic mass is 10.0. The molecule has 1 unspecified atom stereocenters. The van der Waals surface area contributed by atoms with E-state index in [9.17, 15) is 0 Å². The van der Waals surface area contributed by atoms with Crippen LogP contribution in [0.5, 0.6) is 0 Å². The van der Waals surface area contributed by atoms with E-state index < -0.39 is 0 Å². The number of hydrogen-bond donors (Lipinski definition) is 2. The van der Waals surface area contributed by atoms with Gasteiger partial charge < -0.3 is 11.5 Å². The fourth-order valence-corrected chi connectivity index (χ4v) is 0.684. The summed E-state index contributed by atoms with van der Waals surface area (Å²) in [6, 6.07) is -0.110. The standard InChI is InChI=1S/C9H19N3/c1-6(2)9(11)8(4)12-5-7(3)10/h5-7,9H,4,10-11H2,1-3H3/b12-5-/t7?,9-/m0/s1. The van der Waals surface area contributed by atoms with Gasteiger partial charge in [0.25, 0.3) is 0 Å². The summed E-state index contributed by atoms with van der Waals surface area (Å²) in [6.07, 6.45) is 1.66. The van der Waals surface area contributed by atoms with Crippen LogP contribution in [0.25, 0.3) is 0 Å². The van der Waals surface area contributed by atoms with Crippen molar-refractivity contribution in [1.29, 1.82) is 0 Å². The van der Waals surface area contributed by atoms with Crippen LogP contribution < -0.4 is 11.5 Å². The first-order valence-corrected chi connectivity index (χ1v) is 4.19. The monoisotopic (exact) mass is 169 g/mol. The summed E-state index contributed by atoms with van der Waals surface area (Å²) in [5, 5.41) is 0. The number of aliphatic imine (C=N–C) groups is 1. The van der Waals surface area contributed by atoms with Gasteiger partial charge in [-0.15, -0.1) is 0 Å². The molecule has 0 aromatic carbocycles. The molecule has 4 N–H and O–H groups in total. The maximum atomic E-state index is 5.79. The highest BCUT2D eigenvalue weighted by Gasteiger charge is 2.09. The fraction of sp³-hybridized carbons (Fsp3) is 0.667. The van der Waals surface area contributed by atoms with Gasteiger partial charge in [-0.3, -0.25) is 4.99 Å². The third kappa shape index (κ3) is 4.26. The molecule has 0 radical (unpaired) electrons. The second-order valence-corrected chi connectivity index (χ2v) is 3.40. The highest BCUT2D eigenvalue weighted by atomic mass is 14.8. The summed E-state index contributed by atoms with van der Waals surface area (Å²) in [4.78, 5) is 4.08. The quantitative estimate of drug-likeness (QED) is 0.614. The van der Waals surface area contributed by atoms with Gasteiger partial charge in [0, 0.05) is 24.0 Å². The number of hydrogen-bond acceptors (Lipinski definition) is 3. The Hall–Kier alpha value is -0.670. The second-order valence-electron chi connectivity index (χ2n) is 3.40. The predicted octanol–water partition coefficient (Wildman–Crippen LogP) is 0.901. The van der Waals surface area contributed by atoms with Crippen LogP contribution in [0.1, 0.15) is 20.8 Å². The third-order valence-electron chi connectivity index (χ3n) is 1.58. The first kappa shape index (κ1) is 11.3. The van der Waals surface area contributed by atoms with Gasteiger partial charge in [-0.25, -0.2) is 0 Å². The zero-order valence-electron chi connectivity index (χ0n) is 8.12. The van der Waals surface area contributed by atoms with Crippen molar-refractivity contribution in [3.05, 3.63) is 12.3 Å². The van der Waals surface area contributed by atoms with Crippen molar-refractivity contribution in [2.24, 2.45) is 22.4 Å². The molecule has 0 aromatic rings. The van der Waals surface area contributed by atoms with E-state index in [1.54, 1.807) is 6.21 Å². The Labute approximate surface area is 74.5 Å². The molecule has 0 fully saturated rings. The van der Waals surface area contributed by atoms with Gasteiger partial charge in [0.05, 0.1) is 0 Å². The molecule has 0 aliphatic rings. The Morgan fingerprint density at radius 1 is 1.33 bits per heavy atom. The zero-order chi connectivity index (χ0) is 9.72. The minimum atomic E-state index is -0.0694. The van der Waals surface area contributed by atoms with E-state index in [0.29, 0.717) is 11.6 Å². The molecule has 0 saturated carbocycles. The molecule has 0 aliphatic carbocycles. The molecule has 0 rings (SSSR count). The zero-order valence-corrected chi connectivity index (χ0v) is 8.12. The Balaban J connectivity index is 4.04. The summed E-state index contributed by atoms with van der Waals surface area (Å²) in [6.45, 7) is 9.71. The summed E-state index contributed by atoms with van der Waals surface area (Å²) in [7, 11) is 0. The van der Waals surface area contributed by atoms with Crippen LogP contribution in [0.3, 0.4) is 0 Å². The molecule has 0 aromatic heterocycles. The highest BCUT2D eigenvalue weighted by molar-refractivity contribution is 5.64. The van der Waals surface area contributed by atoms with Crippen molar-refractivity contribution in [2.45, 2.75) is 32.9 Å². The van der Waals surface area contributed by atoms with Crippen LogP contribution in [0.2, 0.25) is 0 Å². The molecule has 0 amide bonds. The van der Waals surface area contributed by atoms with Crippen molar-refractivity contribution in [1.82, 2.24) is 0 Å². The first-order valence-electron chi connectivity index (χ1n) is 4.19. The Morgan fingerprint density at radius 3 is 2.17 bits per heavy atom. The van der Waals surface area contributed by atoms with Crippen LogP contribution in [0.4, 0.5) is 0 Å².